The molecule has 0 aliphatic rings. The molecular formula is C25H24Cl3N3O4S. The van der Waals surface area contributed by atoms with Gasteiger partial charge in [-0.1, -0.05) is 71.2 Å². The maximum atomic E-state index is 13.7. The van der Waals surface area contributed by atoms with Crippen molar-refractivity contribution in [3.8, 4) is 0 Å². The third-order valence-electron chi connectivity index (χ3n) is 5.51. The lowest BCUT2D eigenvalue weighted by molar-refractivity contribution is -0.139. The lowest BCUT2D eigenvalue weighted by Crippen LogP contribution is -2.50. The fourth-order valence-corrected chi connectivity index (χ4v) is 5.41. The van der Waals surface area contributed by atoms with Gasteiger partial charge in [-0.05, 0) is 48.9 Å². The first-order valence-corrected chi connectivity index (χ1v) is 13.4. The van der Waals surface area contributed by atoms with E-state index >= 15 is 0 Å². The number of nitrogens with one attached hydrogen (secondary N) is 1. The van der Waals surface area contributed by atoms with Crippen LogP contribution in [0.3, 0.4) is 0 Å². The Hall–Kier alpha value is -2.78. The monoisotopic (exact) mass is 567 g/mol. The van der Waals surface area contributed by atoms with Crippen molar-refractivity contribution in [3.05, 3.63) is 93.4 Å². The molecule has 2 amide bonds. The molecule has 0 unspecified atom stereocenters. The van der Waals surface area contributed by atoms with Crippen molar-refractivity contribution in [3.63, 3.8) is 0 Å². The summed E-state index contributed by atoms with van der Waals surface area (Å²) in [6, 6.07) is 18.0. The number of nitrogens with zero attached hydrogens (tertiary/aromatic N) is 2. The van der Waals surface area contributed by atoms with Gasteiger partial charge in [-0.3, -0.25) is 13.9 Å². The quantitative estimate of drug-likeness (QED) is 0.393. The fraction of sp³-hybridized carbons (Fsp3) is 0.200. The maximum Gasteiger partial charge on any atom is 0.264 e. The van der Waals surface area contributed by atoms with E-state index in [9.17, 15) is 18.0 Å². The lowest BCUT2D eigenvalue weighted by atomic mass is 10.1. The number of benzene rings is 3. The SMILES string of the molecule is CNC(=O)[C@H](C)N(Cc1ccccc1Cl)C(=O)CN(c1ccc(Cl)c(Cl)c1)S(=O)(=O)c1ccccc1. The van der Waals surface area contributed by atoms with Gasteiger partial charge < -0.3 is 10.2 Å². The minimum Gasteiger partial charge on any atom is -0.357 e. The Balaban J connectivity index is 2.06. The molecule has 0 saturated carbocycles. The van der Waals surface area contributed by atoms with E-state index in [1.165, 1.54) is 42.3 Å². The van der Waals surface area contributed by atoms with Crippen LogP contribution in [0.15, 0.2) is 77.7 Å². The number of halogens is 3. The lowest BCUT2D eigenvalue weighted by Gasteiger charge is -2.32. The summed E-state index contributed by atoms with van der Waals surface area (Å²) in [6.07, 6.45) is 0. The molecule has 0 saturated heterocycles. The van der Waals surface area contributed by atoms with E-state index in [1.807, 2.05) is 0 Å². The number of likely N-dealkylation sites (N-methyl/N-ethyl adjacent to an activating group) is 1. The summed E-state index contributed by atoms with van der Waals surface area (Å²) in [5.41, 5.74) is 0.752. The average Bonchev–Trinajstić information content (AvgIpc) is 2.87. The second-order valence-corrected chi connectivity index (χ2v) is 10.9. The highest BCUT2D eigenvalue weighted by molar-refractivity contribution is 7.92. The van der Waals surface area contributed by atoms with Gasteiger partial charge in [0.15, 0.2) is 0 Å². The van der Waals surface area contributed by atoms with Crippen LogP contribution in [0.2, 0.25) is 15.1 Å². The molecule has 0 aliphatic carbocycles. The van der Waals surface area contributed by atoms with Gasteiger partial charge >= 0.3 is 0 Å². The Kier molecular flexibility index (Phi) is 9.24. The van der Waals surface area contributed by atoms with Crippen LogP contribution in [0.25, 0.3) is 0 Å². The number of amides is 2. The van der Waals surface area contributed by atoms with Crippen LogP contribution in [0, 0.1) is 0 Å². The van der Waals surface area contributed by atoms with Gasteiger partial charge in [-0.2, -0.15) is 0 Å². The molecule has 11 heteroatoms. The summed E-state index contributed by atoms with van der Waals surface area (Å²) >= 11 is 18.5. The van der Waals surface area contributed by atoms with Crippen molar-refractivity contribution < 1.29 is 18.0 Å². The van der Waals surface area contributed by atoms with E-state index in [4.69, 9.17) is 34.8 Å². The minimum atomic E-state index is -4.19. The van der Waals surface area contributed by atoms with Crippen molar-refractivity contribution in [2.45, 2.75) is 24.4 Å². The maximum absolute atomic E-state index is 13.7. The van der Waals surface area contributed by atoms with E-state index in [1.54, 1.807) is 49.4 Å². The Labute approximate surface area is 225 Å². The molecule has 1 N–H and O–H groups in total. The van der Waals surface area contributed by atoms with E-state index in [-0.39, 0.29) is 27.2 Å². The summed E-state index contributed by atoms with van der Waals surface area (Å²) in [6.45, 7) is 0.956. The predicted molar refractivity (Wildman–Crippen MR) is 143 cm³/mol. The van der Waals surface area contributed by atoms with E-state index in [2.05, 4.69) is 5.32 Å². The van der Waals surface area contributed by atoms with Gasteiger partial charge in [-0.15, -0.1) is 0 Å². The normalized spacial score (nSPS) is 12.0. The van der Waals surface area contributed by atoms with Crippen LogP contribution in [-0.4, -0.2) is 44.8 Å². The molecular weight excluding hydrogens is 545 g/mol. The number of carbonyl (C=O) groups is 2. The Morgan fingerprint density at radius 1 is 0.889 bits per heavy atom. The van der Waals surface area contributed by atoms with Gasteiger partial charge in [-0.25, -0.2) is 8.42 Å². The van der Waals surface area contributed by atoms with Crippen molar-refractivity contribution in [2.24, 2.45) is 0 Å². The van der Waals surface area contributed by atoms with E-state index < -0.39 is 34.4 Å². The molecule has 3 rings (SSSR count). The zero-order chi connectivity index (χ0) is 26.5. The molecule has 3 aromatic rings. The Bertz CT molecular complexity index is 1350. The summed E-state index contributed by atoms with van der Waals surface area (Å²) in [7, 11) is -2.73. The number of hydrogen-bond acceptors (Lipinski definition) is 4. The third kappa shape index (κ3) is 6.31. The molecule has 0 heterocycles. The first-order chi connectivity index (χ1) is 17.1. The molecule has 0 bridgehead atoms. The smallest absolute Gasteiger partial charge is 0.264 e. The van der Waals surface area contributed by atoms with Gasteiger partial charge in [0.05, 0.1) is 20.6 Å². The molecule has 190 valence electrons. The van der Waals surface area contributed by atoms with E-state index in [0.29, 0.717) is 10.6 Å². The first-order valence-electron chi connectivity index (χ1n) is 10.8. The molecule has 3 aromatic carbocycles. The standard InChI is InChI=1S/C25H24Cl3N3O4S/c1-17(25(33)29-2)30(15-18-8-6-7-11-21(18)26)24(32)16-31(19-12-13-22(27)23(28)14-19)36(34,35)20-9-4-3-5-10-20/h3-14,17H,15-16H2,1-2H3,(H,29,33)/t17-/m0/s1. The van der Waals surface area contributed by atoms with Crippen LogP contribution in [0.1, 0.15) is 12.5 Å². The van der Waals surface area contributed by atoms with Crippen LogP contribution >= 0.6 is 34.8 Å². The fourth-order valence-electron chi connectivity index (χ4n) is 3.49. The second kappa shape index (κ2) is 12.0. The van der Waals surface area contributed by atoms with Crippen molar-refractivity contribution in [1.29, 1.82) is 0 Å². The van der Waals surface area contributed by atoms with Gasteiger partial charge in [0, 0.05) is 18.6 Å². The summed E-state index contributed by atoms with van der Waals surface area (Å²) in [5.74, 6) is -1.03. The number of carbonyl (C=O) groups excluding carboxylic acids is 2. The highest BCUT2D eigenvalue weighted by atomic mass is 35.5. The topological polar surface area (TPSA) is 86.8 Å². The molecule has 0 radical (unpaired) electrons. The van der Waals surface area contributed by atoms with Crippen molar-refractivity contribution in [2.75, 3.05) is 17.9 Å². The zero-order valence-corrected chi connectivity index (χ0v) is 22.6. The minimum absolute atomic E-state index is 0.00626. The largest absolute Gasteiger partial charge is 0.357 e. The zero-order valence-electron chi connectivity index (χ0n) is 19.5. The molecule has 7 nitrogen and oxygen atoms in total. The molecule has 0 spiro atoms. The second-order valence-electron chi connectivity index (χ2n) is 7.83. The van der Waals surface area contributed by atoms with Crippen molar-refractivity contribution >= 4 is 62.3 Å². The van der Waals surface area contributed by atoms with Crippen LogP contribution in [0.4, 0.5) is 5.69 Å². The average molecular weight is 569 g/mol. The molecule has 1 atom stereocenters. The van der Waals surface area contributed by atoms with Crippen LogP contribution in [-0.2, 0) is 26.2 Å². The van der Waals surface area contributed by atoms with Crippen molar-refractivity contribution in [1.82, 2.24) is 10.2 Å². The third-order valence-corrected chi connectivity index (χ3v) is 8.41. The number of anilines is 1. The highest BCUT2D eigenvalue weighted by Crippen LogP contribution is 2.31. The molecule has 0 aliphatic heterocycles. The number of sulfonamides is 1. The van der Waals surface area contributed by atoms with Gasteiger partial charge in [0.1, 0.15) is 12.6 Å². The van der Waals surface area contributed by atoms with Gasteiger partial charge in [0.25, 0.3) is 10.0 Å². The Morgan fingerprint density at radius 2 is 1.53 bits per heavy atom. The highest BCUT2D eigenvalue weighted by Gasteiger charge is 2.32. The number of hydrogen-bond donors (Lipinski definition) is 1. The molecule has 0 aromatic heterocycles. The van der Waals surface area contributed by atoms with Gasteiger partial charge in [0.2, 0.25) is 11.8 Å². The number of rotatable bonds is 9. The van der Waals surface area contributed by atoms with Crippen LogP contribution in [0.5, 0.6) is 0 Å². The summed E-state index contributed by atoms with van der Waals surface area (Å²) in [4.78, 5) is 27.4. The Morgan fingerprint density at radius 3 is 2.14 bits per heavy atom. The molecule has 0 fully saturated rings. The summed E-state index contributed by atoms with van der Waals surface area (Å²) in [5, 5.41) is 3.30. The first kappa shape index (κ1) is 27.8. The van der Waals surface area contributed by atoms with Crippen LogP contribution < -0.4 is 9.62 Å². The summed E-state index contributed by atoms with van der Waals surface area (Å²) < 4.78 is 28.2. The predicted octanol–water partition coefficient (Wildman–Crippen LogP) is 5.01. The van der Waals surface area contributed by atoms with E-state index in [0.717, 1.165) is 4.31 Å². The molecule has 36 heavy (non-hydrogen) atoms.